The second-order valence-corrected chi connectivity index (χ2v) is 6.68. The smallest absolute Gasteiger partial charge is 0.251 e. The van der Waals surface area contributed by atoms with E-state index in [9.17, 15) is 9.59 Å². The largest absolute Gasteiger partial charge is 0.493 e. The van der Waals surface area contributed by atoms with E-state index in [0.29, 0.717) is 23.2 Å². The normalized spacial score (nSPS) is 13.5. The van der Waals surface area contributed by atoms with Gasteiger partial charge in [-0.15, -0.1) is 5.10 Å². The second kappa shape index (κ2) is 9.81. The number of carbonyl (C=O) groups is 2. The van der Waals surface area contributed by atoms with Crippen LogP contribution in [0.4, 0.5) is 11.9 Å². The molecule has 1 fully saturated rings. The molecule has 0 unspecified atom stereocenters. The lowest BCUT2D eigenvalue weighted by atomic mass is 10.1. The highest BCUT2D eigenvalue weighted by Gasteiger charge is 2.19. The third kappa shape index (κ3) is 4.91. The Morgan fingerprint density at radius 1 is 1.07 bits per heavy atom. The second-order valence-electron chi connectivity index (χ2n) is 6.68. The Hall–Kier alpha value is -3.50. The molecular weight excluding hydrogens is 392 g/mol. The summed E-state index contributed by atoms with van der Waals surface area (Å²) in [6, 6.07) is 3.02. The highest BCUT2D eigenvalue weighted by molar-refractivity contribution is 5.99. The summed E-state index contributed by atoms with van der Waals surface area (Å²) in [4.78, 5) is 31.0. The van der Waals surface area contributed by atoms with Crippen LogP contribution in [0, 0.1) is 0 Å². The lowest BCUT2D eigenvalue weighted by Crippen LogP contribution is -2.33. The standard InChI is InChI=1S/C19H26N6O5/c1-28-13-9-12(10-14(29-2)16(13)30-3)17(27)20-11-15(26)21-18-22-19(24-23-18)25-7-5-4-6-8-25/h9-10H,4-8,11H2,1-3H3,(H,20,27)(H2,21,22,23,24,26). The van der Waals surface area contributed by atoms with Gasteiger partial charge in [-0.05, 0) is 31.4 Å². The van der Waals surface area contributed by atoms with Crippen LogP contribution in [0.15, 0.2) is 12.1 Å². The summed E-state index contributed by atoms with van der Waals surface area (Å²) in [6.45, 7) is 1.56. The molecule has 0 radical (unpaired) electrons. The quantitative estimate of drug-likeness (QED) is 0.583. The van der Waals surface area contributed by atoms with Crippen LogP contribution in [-0.2, 0) is 4.79 Å². The van der Waals surface area contributed by atoms with E-state index in [4.69, 9.17) is 14.2 Å². The van der Waals surface area contributed by atoms with E-state index in [-0.39, 0.29) is 18.1 Å². The number of aromatic nitrogens is 3. The number of amides is 2. The zero-order valence-electron chi connectivity index (χ0n) is 17.3. The number of hydrogen-bond donors (Lipinski definition) is 3. The SMILES string of the molecule is COc1cc(C(=O)NCC(=O)Nc2nc(N3CCCCC3)n[nH]2)cc(OC)c1OC. The van der Waals surface area contributed by atoms with E-state index in [1.165, 1.54) is 39.9 Å². The Labute approximate surface area is 174 Å². The van der Waals surface area contributed by atoms with Gasteiger partial charge in [0.15, 0.2) is 11.5 Å². The molecule has 1 aromatic carbocycles. The van der Waals surface area contributed by atoms with Crippen LogP contribution >= 0.6 is 0 Å². The zero-order valence-corrected chi connectivity index (χ0v) is 17.3. The van der Waals surface area contributed by atoms with Crippen LogP contribution in [0.5, 0.6) is 17.2 Å². The molecule has 2 amide bonds. The molecule has 11 nitrogen and oxygen atoms in total. The Kier molecular flexibility index (Phi) is 6.94. The highest BCUT2D eigenvalue weighted by atomic mass is 16.5. The van der Waals surface area contributed by atoms with Gasteiger partial charge in [-0.3, -0.25) is 14.9 Å². The minimum atomic E-state index is -0.462. The average Bonchev–Trinajstić information content (AvgIpc) is 3.25. The lowest BCUT2D eigenvalue weighted by molar-refractivity contribution is -0.115. The summed E-state index contributed by atoms with van der Waals surface area (Å²) in [6.07, 6.45) is 3.41. The number of hydrogen-bond acceptors (Lipinski definition) is 8. The van der Waals surface area contributed by atoms with Gasteiger partial charge in [0.05, 0.1) is 27.9 Å². The first-order valence-corrected chi connectivity index (χ1v) is 9.61. The number of piperidine rings is 1. The highest BCUT2D eigenvalue weighted by Crippen LogP contribution is 2.38. The zero-order chi connectivity index (χ0) is 21.5. The number of carbonyl (C=O) groups excluding carboxylic acids is 2. The summed E-state index contributed by atoms with van der Waals surface area (Å²) in [5.74, 6) is 0.975. The number of nitrogens with one attached hydrogen (secondary N) is 3. The Bertz CT molecular complexity index is 868. The number of nitrogens with zero attached hydrogens (tertiary/aromatic N) is 3. The van der Waals surface area contributed by atoms with Crippen molar-refractivity contribution >= 4 is 23.7 Å². The van der Waals surface area contributed by atoms with Crippen molar-refractivity contribution in [2.24, 2.45) is 0 Å². The van der Waals surface area contributed by atoms with Gasteiger partial charge < -0.3 is 24.4 Å². The summed E-state index contributed by atoms with van der Waals surface area (Å²) in [5, 5.41) is 12.0. The lowest BCUT2D eigenvalue weighted by Gasteiger charge is -2.24. The van der Waals surface area contributed by atoms with Crippen molar-refractivity contribution in [2.45, 2.75) is 19.3 Å². The van der Waals surface area contributed by atoms with Gasteiger partial charge in [-0.1, -0.05) is 0 Å². The molecule has 1 aliphatic rings. The fraction of sp³-hybridized carbons (Fsp3) is 0.474. The Morgan fingerprint density at radius 3 is 2.33 bits per heavy atom. The molecule has 30 heavy (non-hydrogen) atoms. The van der Waals surface area contributed by atoms with E-state index in [1.54, 1.807) is 0 Å². The first-order valence-electron chi connectivity index (χ1n) is 9.61. The molecule has 2 aromatic rings. The van der Waals surface area contributed by atoms with E-state index >= 15 is 0 Å². The Morgan fingerprint density at radius 2 is 1.73 bits per heavy atom. The van der Waals surface area contributed by atoms with E-state index in [2.05, 4.69) is 30.7 Å². The topological polar surface area (TPSA) is 131 Å². The van der Waals surface area contributed by atoms with Crippen LogP contribution in [-0.4, -0.2) is 68.0 Å². The maximum Gasteiger partial charge on any atom is 0.251 e. The van der Waals surface area contributed by atoms with Crippen LogP contribution in [0.25, 0.3) is 0 Å². The molecule has 0 spiro atoms. The fourth-order valence-corrected chi connectivity index (χ4v) is 3.20. The summed E-state index contributed by atoms with van der Waals surface area (Å²) < 4.78 is 15.7. The first kappa shape index (κ1) is 21.2. The molecule has 11 heteroatoms. The van der Waals surface area contributed by atoms with Gasteiger partial charge in [-0.2, -0.15) is 4.98 Å². The summed E-state index contributed by atoms with van der Waals surface area (Å²) in [5.41, 5.74) is 0.268. The van der Waals surface area contributed by atoms with Crippen molar-refractivity contribution in [3.05, 3.63) is 17.7 Å². The van der Waals surface area contributed by atoms with Gasteiger partial charge >= 0.3 is 0 Å². The third-order valence-electron chi connectivity index (χ3n) is 4.71. The van der Waals surface area contributed by atoms with Crippen molar-refractivity contribution in [3.63, 3.8) is 0 Å². The van der Waals surface area contributed by atoms with Crippen LogP contribution in [0.2, 0.25) is 0 Å². The molecule has 1 aromatic heterocycles. The number of methoxy groups -OCH3 is 3. The molecule has 2 heterocycles. The van der Waals surface area contributed by atoms with Gasteiger partial charge in [0, 0.05) is 18.7 Å². The molecule has 0 atom stereocenters. The number of H-pyrrole nitrogens is 1. The van der Waals surface area contributed by atoms with Crippen molar-refractivity contribution in [2.75, 3.05) is 51.2 Å². The van der Waals surface area contributed by atoms with Crippen molar-refractivity contribution in [3.8, 4) is 17.2 Å². The predicted molar refractivity (Wildman–Crippen MR) is 110 cm³/mol. The maximum absolute atomic E-state index is 12.5. The molecule has 3 N–H and O–H groups in total. The molecule has 1 aliphatic heterocycles. The predicted octanol–water partition coefficient (Wildman–Crippen LogP) is 1.19. The minimum Gasteiger partial charge on any atom is -0.493 e. The molecule has 3 rings (SSSR count). The van der Waals surface area contributed by atoms with Gasteiger partial charge in [0.25, 0.3) is 5.91 Å². The number of aromatic amines is 1. The number of rotatable bonds is 8. The number of anilines is 2. The average molecular weight is 418 g/mol. The van der Waals surface area contributed by atoms with Crippen LogP contribution < -0.4 is 29.7 Å². The number of ether oxygens (including phenoxy) is 3. The number of benzene rings is 1. The fourth-order valence-electron chi connectivity index (χ4n) is 3.20. The molecule has 0 aliphatic carbocycles. The van der Waals surface area contributed by atoms with Crippen molar-refractivity contribution < 1.29 is 23.8 Å². The summed E-state index contributed by atoms with van der Waals surface area (Å²) >= 11 is 0. The van der Waals surface area contributed by atoms with Crippen LogP contribution in [0.1, 0.15) is 29.6 Å². The third-order valence-corrected chi connectivity index (χ3v) is 4.71. The van der Waals surface area contributed by atoms with Gasteiger partial charge in [0.2, 0.25) is 23.6 Å². The Balaban J connectivity index is 1.57. The van der Waals surface area contributed by atoms with Gasteiger partial charge in [0.1, 0.15) is 0 Å². The molecule has 1 saturated heterocycles. The van der Waals surface area contributed by atoms with Crippen molar-refractivity contribution in [1.82, 2.24) is 20.5 Å². The molecule has 0 bridgehead atoms. The maximum atomic E-state index is 12.5. The molecular formula is C19H26N6O5. The first-order chi connectivity index (χ1) is 14.5. The molecule has 162 valence electrons. The van der Waals surface area contributed by atoms with Crippen LogP contribution in [0.3, 0.4) is 0 Å². The van der Waals surface area contributed by atoms with Gasteiger partial charge in [-0.25, -0.2) is 5.10 Å². The monoisotopic (exact) mass is 418 g/mol. The van der Waals surface area contributed by atoms with E-state index in [0.717, 1.165) is 25.9 Å². The minimum absolute atomic E-state index is 0.239. The van der Waals surface area contributed by atoms with Crippen molar-refractivity contribution in [1.29, 1.82) is 0 Å². The van der Waals surface area contributed by atoms with E-state index in [1.807, 2.05) is 0 Å². The summed E-state index contributed by atoms with van der Waals surface area (Å²) in [7, 11) is 4.40. The molecule has 0 saturated carbocycles. The van der Waals surface area contributed by atoms with E-state index < -0.39 is 11.8 Å².